The zero-order valence-corrected chi connectivity index (χ0v) is 10.3. The Balaban J connectivity index is 1.98. The number of aromatic carboxylic acids is 1. The maximum Gasteiger partial charge on any atom is 0.338 e. The van der Waals surface area contributed by atoms with Crippen molar-refractivity contribution >= 4 is 5.97 Å². The molecule has 1 aliphatic rings. The molecule has 1 aromatic heterocycles. The highest BCUT2D eigenvalue weighted by molar-refractivity contribution is 5.87. The Bertz CT molecular complexity index is 393. The zero-order chi connectivity index (χ0) is 12.4. The molecule has 0 aromatic carbocycles. The van der Waals surface area contributed by atoms with Gasteiger partial charge in [0.1, 0.15) is 12.0 Å². The van der Waals surface area contributed by atoms with Gasteiger partial charge in [-0.2, -0.15) is 0 Å². The first-order valence-electron chi connectivity index (χ1n) is 6.11. The van der Waals surface area contributed by atoms with Crippen LogP contribution >= 0.6 is 0 Å². The number of hydrogen-bond donors (Lipinski definition) is 1. The molecule has 0 spiro atoms. The number of carbonyl (C=O) groups is 1. The van der Waals surface area contributed by atoms with Crippen LogP contribution in [-0.2, 0) is 6.54 Å². The fraction of sp³-hybridized carbons (Fsp3) is 0.615. The normalized spacial score (nSPS) is 15.8. The molecule has 1 aromatic rings. The van der Waals surface area contributed by atoms with Crippen molar-refractivity contribution in [3.8, 4) is 0 Å². The van der Waals surface area contributed by atoms with Crippen LogP contribution < -0.4 is 0 Å². The van der Waals surface area contributed by atoms with Crippen molar-refractivity contribution in [2.24, 2.45) is 5.92 Å². The SMILES string of the molecule is CC(C)CN(Cc1cc(C(=O)O)co1)C1CC1. The van der Waals surface area contributed by atoms with Gasteiger partial charge in [0.25, 0.3) is 0 Å². The number of rotatable bonds is 6. The Kier molecular flexibility index (Phi) is 3.52. The summed E-state index contributed by atoms with van der Waals surface area (Å²) in [4.78, 5) is 13.1. The first-order valence-corrected chi connectivity index (χ1v) is 6.11. The van der Waals surface area contributed by atoms with Crippen LogP contribution in [0.1, 0.15) is 42.8 Å². The van der Waals surface area contributed by atoms with E-state index in [2.05, 4.69) is 18.7 Å². The van der Waals surface area contributed by atoms with Gasteiger partial charge in [0.15, 0.2) is 0 Å². The molecule has 1 fully saturated rings. The summed E-state index contributed by atoms with van der Waals surface area (Å²) in [5.41, 5.74) is 0.236. The first-order chi connectivity index (χ1) is 8.06. The Morgan fingerprint density at radius 2 is 2.29 bits per heavy atom. The molecule has 0 bridgehead atoms. The predicted octanol–water partition coefficient (Wildman–Crippen LogP) is 2.60. The van der Waals surface area contributed by atoms with Gasteiger partial charge in [0.05, 0.1) is 12.1 Å². The fourth-order valence-corrected chi connectivity index (χ4v) is 2.03. The van der Waals surface area contributed by atoms with Gasteiger partial charge in [-0.15, -0.1) is 0 Å². The molecule has 4 nitrogen and oxygen atoms in total. The molecule has 1 saturated carbocycles. The van der Waals surface area contributed by atoms with Crippen molar-refractivity contribution < 1.29 is 14.3 Å². The average Bonchev–Trinajstić information content (AvgIpc) is 2.97. The molecule has 1 aliphatic carbocycles. The largest absolute Gasteiger partial charge is 0.478 e. The molecular weight excluding hydrogens is 218 g/mol. The van der Waals surface area contributed by atoms with Crippen LogP contribution in [0.2, 0.25) is 0 Å². The highest BCUT2D eigenvalue weighted by Gasteiger charge is 2.29. The Morgan fingerprint density at radius 3 is 2.76 bits per heavy atom. The number of furan rings is 1. The first kappa shape index (κ1) is 12.2. The van der Waals surface area contributed by atoms with Crippen molar-refractivity contribution in [3.05, 3.63) is 23.7 Å². The van der Waals surface area contributed by atoms with Crippen LogP contribution in [0.4, 0.5) is 0 Å². The van der Waals surface area contributed by atoms with Gasteiger partial charge in [-0.05, 0) is 24.8 Å². The molecule has 0 radical (unpaired) electrons. The van der Waals surface area contributed by atoms with Crippen LogP contribution in [0.25, 0.3) is 0 Å². The van der Waals surface area contributed by atoms with Gasteiger partial charge in [0, 0.05) is 12.6 Å². The van der Waals surface area contributed by atoms with E-state index in [4.69, 9.17) is 9.52 Å². The minimum Gasteiger partial charge on any atom is -0.478 e. The summed E-state index contributed by atoms with van der Waals surface area (Å²) in [6, 6.07) is 2.29. The fourth-order valence-electron chi connectivity index (χ4n) is 2.03. The van der Waals surface area contributed by atoms with E-state index in [0.717, 1.165) is 18.8 Å². The predicted molar refractivity (Wildman–Crippen MR) is 63.9 cm³/mol. The summed E-state index contributed by atoms with van der Waals surface area (Å²) in [6.45, 7) is 6.14. The second-order valence-corrected chi connectivity index (χ2v) is 5.16. The second-order valence-electron chi connectivity index (χ2n) is 5.16. The lowest BCUT2D eigenvalue weighted by atomic mass is 10.2. The maximum absolute atomic E-state index is 10.8. The van der Waals surface area contributed by atoms with E-state index in [1.54, 1.807) is 6.07 Å². The Morgan fingerprint density at radius 1 is 1.59 bits per heavy atom. The summed E-state index contributed by atoms with van der Waals surface area (Å²) in [5.74, 6) is 0.432. The van der Waals surface area contributed by atoms with Gasteiger partial charge >= 0.3 is 5.97 Å². The van der Waals surface area contributed by atoms with E-state index < -0.39 is 5.97 Å². The zero-order valence-electron chi connectivity index (χ0n) is 10.3. The Hall–Kier alpha value is -1.29. The maximum atomic E-state index is 10.8. The molecule has 1 heterocycles. The molecule has 2 rings (SSSR count). The van der Waals surface area contributed by atoms with E-state index in [9.17, 15) is 4.79 Å². The highest BCUT2D eigenvalue weighted by atomic mass is 16.4. The van der Waals surface area contributed by atoms with E-state index in [1.807, 2.05) is 0 Å². The molecule has 0 amide bonds. The van der Waals surface area contributed by atoms with Gasteiger partial charge < -0.3 is 9.52 Å². The summed E-state index contributed by atoms with van der Waals surface area (Å²) >= 11 is 0. The van der Waals surface area contributed by atoms with E-state index in [1.165, 1.54) is 19.1 Å². The number of hydrogen-bond acceptors (Lipinski definition) is 3. The van der Waals surface area contributed by atoms with E-state index >= 15 is 0 Å². The third-order valence-corrected chi connectivity index (χ3v) is 2.92. The lowest BCUT2D eigenvalue weighted by Gasteiger charge is -2.22. The van der Waals surface area contributed by atoms with Gasteiger partial charge in [-0.1, -0.05) is 13.8 Å². The van der Waals surface area contributed by atoms with Gasteiger partial charge in [-0.3, -0.25) is 4.90 Å². The summed E-state index contributed by atoms with van der Waals surface area (Å²) in [7, 11) is 0. The molecular formula is C13H19NO3. The van der Waals surface area contributed by atoms with Crippen LogP contribution in [0.3, 0.4) is 0 Å². The van der Waals surface area contributed by atoms with Crippen molar-refractivity contribution in [2.45, 2.75) is 39.3 Å². The molecule has 94 valence electrons. The quantitative estimate of drug-likeness (QED) is 0.826. The molecule has 0 unspecified atom stereocenters. The van der Waals surface area contributed by atoms with Crippen LogP contribution in [0, 0.1) is 5.92 Å². The van der Waals surface area contributed by atoms with Gasteiger partial charge in [-0.25, -0.2) is 4.79 Å². The monoisotopic (exact) mass is 237 g/mol. The lowest BCUT2D eigenvalue weighted by Crippen LogP contribution is -2.29. The minimum atomic E-state index is -0.929. The van der Waals surface area contributed by atoms with E-state index in [-0.39, 0.29) is 5.56 Å². The van der Waals surface area contributed by atoms with E-state index in [0.29, 0.717) is 12.0 Å². The molecule has 0 aliphatic heterocycles. The smallest absolute Gasteiger partial charge is 0.338 e. The van der Waals surface area contributed by atoms with Crippen molar-refractivity contribution in [2.75, 3.05) is 6.54 Å². The molecule has 1 N–H and O–H groups in total. The van der Waals surface area contributed by atoms with Crippen LogP contribution in [0.5, 0.6) is 0 Å². The number of nitrogens with zero attached hydrogens (tertiary/aromatic N) is 1. The summed E-state index contributed by atoms with van der Waals surface area (Å²) in [6.07, 6.45) is 3.82. The second kappa shape index (κ2) is 4.92. The topological polar surface area (TPSA) is 53.7 Å². The highest BCUT2D eigenvalue weighted by Crippen LogP contribution is 2.29. The Labute approximate surface area is 101 Å². The summed E-state index contributed by atoms with van der Waals surface area (Å²) < 4.78 is 5.29. The average molecular weight is 237 g/mol. The van der Waals surface area contributed by atoms with Crippen molar-refractivity contribution in [1.82, 2.24) is 4.90 Å². The number of carboxylic acids is 1. The molecule has 0 saturated heterocycles. The third-order valence-electron chi connectivity index (χ3n) is 2.92. The molecule has 0 atom stereocenters. The third kappa shape index (κ3) is 3.33. The minimum absolute atomic E-state index is 0.236. The van der Waals surface area contributed by atoms with Crippen molar-refractivity contribution in [1.29, 1.82) is 0 Å². The molecule has 4 heteroatoms. The molecule has 17 heavy (non-hydrogen) atoms. The summed E-state index contributed by atoms with van der Waals surface area (Å²) in [5, 5.41) is 8.83. The lowest BCUT2D eigenvalue weighted by molar-refractivity contribution is 0.0696. The van der Waals surface area contributed by atoms with Crippen LogP contribution in [0.15, 0.2) is 16.7 Å². The van der Waals surface area contributed by atoms with Gasteiger partial charge in [0.2, 0.25) is 0 Å². The number of carboxylic acid groups (broad SMARTS) is 1. The van der Waals surface area contributed by atoms with Crippen LogP contribution in [-0.4, -0.2) is 28.6 Å². The van der Waals surface area contributed by atoms with Crippen molar-refractivity contribution in [3.63, 3.8) is 0 Å². The standard InChI is InChI=1S/C13H19NO3/c1-9(2)6-14(11-3-4-11)7-12-5-10(8-17-12)13(15)16/h5,8-9,11H,3-4,6-7H2,1-2H3,(H,15,16).